The zero-order valence-corrected chi connectivity index (χ0v) is 12.7. The van der Waals surface area contributed by atoms with Crippen LogP contribution < -0.4 is 10.2 Å². The summed E-state index contributed by atoms with van der Waals surface area (Å²) in [6.45, 7) is 1.91. The van der Waals surface area contributed by atoms with Crippen molar-refractivity contribution in [2.24, 2.45) is 5.92 Å². The largest absolute Gasteiger partial charge is 0.481 e. The molecule has 1 saturated carbocycles. The zero-order valence-electron chi connectivity index (χ0n) is 12.7. The molecule has 21 heavy (non-hydrogen) atoms. The average molecular weight is 288 g/mol. The van der Waals surface area contributed by atoms with Crippen LogP contribution in [0.5, 0.6) is 5.75 Å². The first-order valence-corrected chi connectivity index (χ1v) is 7.55. The predicted octanol–water partition coefficient (Wildman–Crippen LogP) is 1.26. The van der Waals surface area contributed by atoms with E-state index in [4.69, 9.17) is 9.47 Å². The van der Waals surface area contributed by atoms with E-state index in [0.29, 0.717) is 17.9 Å². The van der Waals surface area contributed by atoms with Crippen molar-refractivity contribution in [2.45, 2.75) is 32.6 Å². The maximum absolute atomic E-state index is 12.6. The van der Waals surface area contributed by atoms with Crippen LogP contribution in [-0.4, -0.2) is 32.8 Å². The minimum absolute atomic E-state index is 0.0950. The van der Waals surface area contributed by atoms with Crippen molar-refractivity contribution in [2.75, 3.05) is 13.2 Å². The average Bonchev–Trinajstić information content (AvgIpc) is 2.99. The Morgan fingerprint density at radius 3 is 2.67 bits per heavy atom. The van der Waals surface area contributed by atoms with Crippen LogP contribution in [0.15, 0.2) is 18.2 Å². The molecule has 0 N–H and O–H groups in total. The molecular weight excluding hydrogens is 267 g/mol. The molecule has 5 heteroatoms. The molecule has 0 saturated heterocycles. The van der Waals surface area contributed by atoms with Gasteiger partial charge in [-0.1, -0.05) is 24.4 Å². The summed E-state index contributed by atoms with van der Waals surface area (Å²) in [5.74, 6) is 0.294. The van der Waals surface area contributed by atoms with Crippen molar-refractivity contribution < 1.29 is 19.1 Å². The van der Waals surface area contributed by atoms with Gasteiger partial charge in [0.2, 0.25) is 0 Å². The van der Waals surface area contributed by atoms with Crippen LogP contribution in [0.1, 0.15) is 43.0 Å². The van der Waals surface area contributed by atoms with E-state index in [1.54, 1.807) is 19.1 Å². The fourth-order valence-electron chi connectivity index (χ4n) is 2.70. The van der Waals surface area contributed by atoms with Gasteiger partial charge in [-0.15, -0.1) is 0 Å². The zero-order chi connectivity index (χ0) is 15.2. The van der Waals surface area contributed by atoms with Gasteiger partial charge in [0.25, 0.3) is 0 Å². The topological polar surface area (TPSA) is 52.6 Å². The molecular formula is C16H21BO4. The normalized spacial score (nSPS) is 14.9. The Hall–Kier alpha value is -1.78. The van der Waals surface area contributed by atoms with Gasteiger partial charge >= 0.3 is 5.97 Å². The fourth-order valence-corrected chi connectivity index (χ4v) is 2.70. The predicted molar refractivity (Wildman–Crippen MR) is 83.0 cm³/mol. The molecule has 4 nitrogen and oxygen atoms in total. The van der Waals surface area contributed by atoms with E-state index in [-0.39, 0.29) is 18.3 Å². The molecule has 0 amide bonds. The molecule has 0 radical (unpaired) electrons. The van der Waals surface area contributed by atoms with E-state index in [9.17, 15) is 9.59 Å². The van der Waals surface area contributed by atoms with Gasteiger partial charge in [-0.05, 0) is 31.9 Å². The molecule has 112 valence electrons. The van der Waals surface area contributed by atoms with Gasteiger partial charge in [-0.2, -0.15) is 0 Å². The van der Waals surface area contributed by atoms with Crippen LogP contribution in [0, 0.1) is 5.92 Å². The SMILES string of the molecule is Bc1ccc(C(=O)C2CCCC2)c(OCC(=O)OCC)c1. The fraction of sp³-hybridized carbons (Fsp3) is 0.500. The lowest BCUT2D eigenvalue weighted by molar-refractivity contribution is -0.145. The molecule has 0 bridgehead atoms. The highest BCUT2D eigenvalue weighted by molar-refractivity contribution is 6.32. The summed E-state index contributed by atoms with van der Waals surface area (Å²) in [5, 5.41) is 0. The van der Waals surface area contributed by atoms with Crippen molar-refractivity contribution in [3.63, 3.8) is 0 Å². The van der Waals surface area contributed by atoms with Crippen molar-refractivity contribution in [1.29, 1.82) is 0 Å². The summed E-state index contributed by atoms with van der Waals surface area (Å²) >= 11 is 0. The number of carbonyl (C=O) groups excluding carboxylic acids is 2. The van der Waals surface area contributed by atoms with Crippen molar-refractivity contribution >= 4 is 25.1 Å². The molecule has 1 aromatic rings. The van der Waals surface area contributed by atoms with Crippen LogP contribution in [0.25, 0.3) is 0 Å². The lowest BCUT2D eigenvalue weighted by Crippen LogP contribution is -2.19. The minimum atomic E-state index is -0.418. The number of Topliss-reactive ketones (excluding diaryl/α,β-unsaturated/α-hetero) is 1. The second-order valence-corrected chi connectivity index (χ2v) is 5.44. The summed E-state index contributed by atoms with van der Waals surface area (Å²) in [5.41, 5.74) is 1.58. The summed E-state index contributed by atoms with van der Waals surface area (Å²) in [4.78, 5) is 24.0. The number of ketones is 1. The maximum atomic E-state index is 12.6. The highest BCUT2D eigenvalue weighted by atomic mass is 16.6. The lowest BCUT2D eigenvalue weighted by atomic mass is 9.90. The molecule has 1 aliphatic rings. The van der Waals surface area contributed by atoms with Gasteiger partial charge < -0.3 is 9.47 Å². The van der Waals surface area contributed by atoms with Gasteiger partial charge in [-0.3, -0.25) is 4.79 Å². The number of benzene rings is 1. The van der Waals surface area contributed by atoms with E-state index < -0.39 is 5.97 Å². The van der Waals surface area contributed by atoms with E-state index in [0.717, 1.165) is 31.1 Å². The van der Waals surface area contributed by atoms with Crippen LogP contribution in [0.4, 0.5) is 0 Å². The van der Waals surface area contributed by atoms with Gasteiger partial charge in [-0.25, -0.2) is 4.79 Å². The van der Waals surface area contributed by atoms with E-state index in [1.807, 2.05) is 13.9 Å². The Bertz CT molecular complexity index is 521. The number of rotatable bonds is 6. The number of carbonyl (C=O) groups is 2. The van der Waals surface area contributed by atoms with Gasteiger partial charge in [0.15, 0.2) is 12.4 Å². The molecule has 1 fully saturated rings. The van der Waals surface area contributed by atoms with Crippen molar-refractivity contribution in [1.82, 2.24) is 0 Å². The summed E-state index contributed by atoms with van der Waals surface area (Å²) < 4.78 is 10.4. The highest BCUT2D eigenvalue weighted by Crippen LogP contribution is 2.30. The molecule has 2 rings (SSSR count). The van der Waals surface area contributed by atoms with Crippen LogP contribution >= 0.6 is 0 Å². The van der Waals surface area contributed by atoms with Crippen LogP contribution in [0.3, 0.4) is 0 Å². The minimum Gasteiger partial charge on any atom is -0.481 e. The molecule has 1 aromatic carbocycles. The first kappa shape index (κ1) is 15.6. The van der Waals surface area contributed by atoms with E-state index in [1.165, 1.54) is 0 Å². The van der Waals surface area contributed by atoms with Crippen molar-refractivity contribution in [3.05, 3.63) is 23.8 Å². The second-order valence-electron chi connectivity index (χ2n) is 5.44. The first-order valence-electron chi connectivity index (χ1n) is 7.55. The number of esters is 1. The summed E-state index contributed by atoms with van der Waals surface area (Å²) in [7, 11) is 1.93. The monoisotopic (exact) mass is 288 g/mol. The molecule has 0 spiro atoms. The molecule has 0 aliphatic heterocycles. The highest BCUT2D eigenvalue weighted by Gasteiger charge is 2.26. The third-order valence-corrected chi connectivity index (χ3v) is 3.78. The number of hydrogen-bond acceptors (Lipinski definition) is 4. The lowest BCUT2D eigenvalue weighted by Gasteiger charge is -2.14. The third kappa shape index (κ3) is 4.10. The van der Waals surface area contributed by atoms with Crippen LogP contribution in [0.2, 0.25) is 0 Å². The number of ether oxygens (including phenoxy) is 2. The Balaban J connectivity index is 2.13. The second kappa shape index (κ2) is 7.30. The van der Waals surface area contributed by atoms with Gasteiger partial charge in [0.05, 0.1) is 12.2 Å². The Morgan fingerprint density at radius 2 is 2.00 bits per heavy atom. The Kier molecular flexibility index (Phi) is 5.42. The molecule has 0 unspecified atom stereocenters. The van der Waals surface area contributed by atoms with E-state index >= 15 is 0 Å². The van der Waals surface area contributed by atoms with Gasteiger partial charge in [0.1, 0.15) is 13.6 Å². The van der Waals surface area contributed by atoms with Gasteiger partial charge in [0, 0.05) is 5.92 Å². The smallest absolute Gasteiger partial charge is 0.344 e. The standard InChI is InChI=1S/C16H21BO4/c1-2-20-15(18)10-21-14-9-12(17)7-8-13(14)16(19)11-5-3-4-6-11/h7-9,11H,2-6,10,17H2,1H3. The number of hydrogen-bond donors (Lipinski definition) is 0. The molecule has 1 aliphatic carbocycles. The maximum Gasteiger partial charge on any atom is 0.344 e. The first-order chi connectivity index (χ1) is 10.1. The molecule has 0 aromatic heterocycles. The molecule has 0 atom stereocenters. The van der Waals surface area contributed by atoms with Crippen molar-refractivity contribution in [3.8, 4) is 5.75 Å². The summed E-state index contributed by atoms with van der Waals surface area (Å²) in [6.07, 6.45) is 4.12. The quantitative estimate of drug-likeness (QED) is 0.449. The third-order valence-electron chi connectivity index (χ3n) is 3.78. The molecule has 0 heterocycles. The van der Waals surface area contributed by atoms with Crippen LogP contribution in [-0.2, 0) is 9.53 Å². The Labute approximate surface area is 126 Å². The van der Waals surface area contributed by atoms with E-state index in [2.05, 4.69) is 0 Å². The Morgan fingerprint density at radius 1 is 1.29 bits per heavy atom. The summed E-state index contributed by atoms with van der Waals surface area (Å²) in [6, 6.07) is 5.51.